The van der Waals surface area contributed by atoms with Crippen LogP contribution in [0.5, 0.6) is 0 Å². The third-order valence-corrected chi connectivity index (χ3v) is 4.09. The Morgan fingerprint density at radius 2 is 1.83 bits per heavy atom. The van der Waals surface area contributed by atoms with E-state index < -0.39 is 0 Å². The fourth-order valence-corrected chi connectivity index (χ4v) is 2.84. The Labute approximate surface area is 117 Å². The molecule has 102 valence electrons. The zero-order valence-corrected chi connectivity index (χ0v) is 12.7. The maximum Gasteiger partial charge on any atom is 0.169 e. The van der Waals surface area contributed by atoms with Crippen molar-refractivity contribution in [2.24, 2.45) is 5.73 Å². The minimum atomic E-state index is 0.200. The molecule has 1 aliphatic heterocycles. The van der Waals surface area contributed by atoms with Crippen LogP contribution in [-0.4, -0.2) is 48.6 Å². The van der Waals surface area contributed by atoms with Gasteiger partial charge in [-0.15, -0.1) is 0 Å². The molecule has 2 N–H and O–H groups in total. The molecule has 2 rings (SSSR count). The zero-order valence-electron chi connectivity index (χ0n) is 11.1. The minimum Gasteiger partial charge on any atom is -0.453 e. The summed E-state index contributed by atoms with van der Waals surface area (Å²) < 4.78 is 6.42. The van der Waals surface area contributed by atoms with Crippen molar-refractivity contribution in [2.75, 3.05) is 32.7 Å². The second-order valence-electron chi connectivity index (χ2n) is 5.06. The van der Waals surface area contributed by atoms with Crippen LogP contribution in [0.3, 0.4) is 0 Å². The van der Waals surface area contributed by atoms with Crippen LogP contribution >= 0.6 is 15.9 Å². The fraction of sp³-hybridized carbons (Fsp3) is 0.692. The van der Waals surface area contributed by atoms with Gasteiger partial charge in [0.15, 0.2) is 4.67 Å². The smallest absolute Gasteiger partial charge is 0.169 e. The number of piperazine rings is 1. The van der Waals surface area contributed by atoms with Gasteiger partial charge in [0.2, 0.25) is 0 Å². The summed E-state index contributed by atoms with van der Waals surface area (Å²) in [7, 11) is 0. The summed E-state index contributed by atoms with van der Waals surface area (Å²) in [5.74, 6) is 0.961. The molecule has 1 saturated heterocycles. The van der Waals surface area contributed by atoms with Crippen molar-refractivity contribution >= 4 is 15.9 Å². The summed E-state index contributed by atoms with van der Waals surface area (Å²) in [6, 6.07) is 4.77. The van der Waals surface area contributed by atoms with Crippen LogP contribution in [0.2, 0.25) is 0 Å². The predicted octanol–water partition coefficient (Wildman–Crippen LogP) is 2.07. The second kappa shape index (κ2) is 6.19. The van der Waals surface area contributed by atoms with E-state index in [9.17, 15) is 0 Å². The molecule has 0 aromatic carbocycles. The van der Waals surface area contributed by atoms with Crippen molar-refractivity contribution in [1.29, 1.82) is 0 Å². The SMILES string of the molecule is CC(C)N1CCN(C(CN)c2ccc(Br)o2)CC1. The first-order valence-corrected chi connectivity index (χ1v) is 7.34. The molecule has 1 aliphatic rings. The van der Waals surface area contributed by atoms with Crippen LogP contribution < -0.4 is 5.73 Å². The molecular weight excluding hydrogens is 294 g/mol. The normalized spacial score (nSPS) is 20.5. The molecular formula is C13H22BrN3O. The summed E-state index contributed by atoms with van der Waals surface area (Å²) in [5.41, 5.74) is 5.91. The highest BCUT2D eigenvalue weighted by molar-refractivity contribution is 9.10. The largest absolute Gasteiger partial charge is 0.453 e. The van der Waals surface area contributed by atoms with Crippen LogP contribution in [0.1, 0.15) is 25.6 Å². The molecule has 0 radical (unpaired) electrons. The van der Waals surface area contributed by atoms with E-state index in [1.165, 1.54) is 0 Å². The summed E-state index contributed by atoms with van der Waals surface area (Å²) >= 11 is 3.35. The summed E-state index contributed by atoms with van der Waals surface area (Å²) in [4.78, 5) is 4.92. The monoisotopic (exact) mass is 315 g/mol. The molecule has 1 aromatic rings. The Morgan fingerprint density at radius 3 is 2.28 bits per heavy atom. The van der Waals surface area contributed by atoms with Crippen LogP contribution in [0.25, 0.3) is 0 Å². The quantitative estimate of drug-likeness (QED) is 0.924. The molecule has 1 unspecified atom stereocenters. The van der Waals surface area contributed by atoms with Crippen LogP contribution in [0.4, 0.5) is 0 Å². The number of furan rings is 1. The van der Waals surface area contributed by atoms with E-state index >= 15 is 0 Å². The second-order valence-corrected chi connectivity index (χ2v) is 5.84. The third kappa shape index (κ3) is 3.15. The molecule has 2 heterocycles. The summed E-state index contributed by atoms with van der Waals surface area (Å²) in [5, 5.41) is 0. The molecule has 0 spiro atoms. The van der Waals surface area contributed by atoms with Gasteiger partial charge in [-0.2, -0.15) is 0 Å². The molecule has 1 aromatic heterocycles. The number of nitrogens with zero attached hydrogens (tertiary/aromatic N) is 2. The van der Waals surface area contributed by atoms with Gasteiger partial charge in [0.1, 0.15) is 5.76 Å². The van der Waals surface area contributed by atoms with Gasteiger partial charge in [0.05, 0.1) is 6.04 Å². The topological polar surface area (TPSA) is 45.6 Å². The van der Waals surface area contributed by atoms with Crippen molar-refractivity contribution < 1.29 is 4.42 Å². The van der Waals surface area contributed by atoms with E-state index in [0.29, 0.717) is 12.6 Å². The Balaban J connectivity index is 1.98. The van der Waals surface area contributed by atoms with E-state index in [4.69, 9.17) is 10.2 Å². The molecule has 1 atom stereocenters. The fourth-order valence-electron chi connectivity index (χ4n) is 2.52. The highest BCUT2D eigenvalue weighted by Gasteiger charge is 2.26. The summed E-state index contributed by atoms with van der Waals surface area (Å²) in [6.07, 6.45) is 0. The molecule has 1 fully saturated rings. The third-order valence-electron chi connectivity index (χ3n) is 3.67. The summed E-state index contributed by atoms with van der Waals surface area (Å²) in [6.45, 7) is 9.42. The van der Waals surface area contributed by atoms with Gasteiger partial charge in [0.25, 0.3) is 0 Å². The predicted molar refractivity (Wildman–Crippen MR) is 76.5 cm³/mol. The number of hydrogen-bond donors (Lipinski definition) is 1. The first-order chi connectivity index (χ1) is 8.61. The van der Waals surface area contributed by atoms with E-state index in [0.717, 1.165) is 36.6 Å². The van der Waals surface area contributed by atoms with E-state index in [-0.39, 0.29) is 6.04 Å². The molecule has 0 saturated carbocycles. The Morgan fingerprint density at radius 1 is 1.22 bits per heavy atom. The molecule has 0 aliphatic carbocycles. The Kier molecular flexibility index (Phi) is 4.84. The molecule has 5 heteroatoms. The van der Waals surface area contributed by atoms with Crippen molar-refractivity contribution in [3.63, 3.8) is 0 Å². The number of rotatable bonds is 4. The first kappa shape index (κ1) is 14.1. The molecule has 18 heavy (non-hydrogen) atoms. The average Bonchev–Trinajstić information content (AvgIpc) is 2.77. The lowest BCUT2D eigenvalue weighted by atomic mass is 10.1. The van der Waals surface area contributed by atoms with Crippen LogP contribution in [0, 0.1) is 0 Å². The minimum absolute atomic E-state index is 0.200. The van der Waals surface area contributed by atoms with Crippen molar-refractivity contribution in [3.8, 4) is 0 Å². The number of nitrogens with two attached hydrogens (primary N) is 1. The van der Waals surface area contributed by atoms with Crippen molar-refractivity contribution in [3.05, 3.63) is 22.6 Å². The maximum atomic E-state index is 5.91. The van der Waals surface area contributed by atoms with Crippen molar-refractivity contribution in [1.82, 2.24) is 9.80 Å². The number of hydrogen-bond acceptors (Lipinski definition) is 4. The van der Waals surface area contributed by atoms with Gasteiger partial charge < -0.3 is 10.2 Å². The van der Waals surface area contributed by atoms with E-state index in [1.807, 2.05) is 12.1 Å². The lowest BCUT2D eigenvalue weighted by Crippen LogP contribution is -2.50. The average molecular weight is 316 g/mol. The van der Waals surface area contributed by atoms with Gasteiger partial charge >= 0.3 is 0 Å². The molecule has 0 amide bonds. The van der Waals surface area contributed by atoms with E-state index in [2.05, 4.69) is 39.6 Å². The van der Waals surface area contributed by atoms with Gasteiger partial charge in [-0.05, 0) is 41.9 Å². The highest BCUT2D eigenvalue weighted by Crippen LogP contribution is 2.25. The van der Waals surface area contributed by atoms with Crippen LogP contribution in [-0.2, 0) is 0 Å². The Hall–Kier alpha value is -0.360. The lowest BCUT2D eigenvalue weighted by molar-refractivity contribution is 0.0727. The van der Waals surface area contributed by atoms with Gasteiger partial charge in [0, 0.05) is 38.8 Å². The molecule has 0 bridgehead atoms. The van der Waals surface area contributed by atoms with Gasteiger partial charge in [-0.1, -0.05) is 0 Å². The van der Waals surface area contributed by atoms with Crippen molar-refractivity contribution in [2.45, 2.75) is 25.9 Å². The first-order valence-electron chi connectivity index (χ1n) is 6.55. The van der Waals surface area contributed by atoms with Crippen LogP contribution in [0.15, 0.2) is 21.2 Å². The van der Waals surface area contributed by atoms with Gasteiger partial charge in [-0.25, -0.2) is 0 Å². The maximum absolute atomic E-state index is 5.91. The highest BCUT2D eigenvalue weighted by atomic mass is 79.9. The number of halogens is 1. The Bertz CT molecular complexity index is 372. The zero-order chi connectivity index (χ0) is 13.1. The standard InChI is InChI=1S/C13H22BrN3O/c1-10(2)16-5-7-17(8-6-16)11(9-15)12-3-4-13(14)18-12/h3-4,10-11H,5-9,15H2,1-2H3. The van der Waals surface area contributed by atoms with E-state index in [1.54, 1.807) is 0 Å². The lowest BCUT2D eigenvalue weighted by Gasteiger charge is -2.39. The molecule has 4 nitrogen and oxygen atoms in total. The van der Waals surface area contributed by atoms with Gasteiger partial charge in [-0.3, -0.25) is 9.80 Å².